The van der Waals surface area contributed by atoms with Crippen molar-refractivity contribution in [2.75, 3.05) is 18.1 Å². The number of aromatic nitrogens is 3. The molecule has 1 aromatic carbocycles. The molecule has 10 nitrogen and oxygen atoms in total. The van der Waals surface area contributed by atoms with Crippen LogP contribution in [0.2, 0.25) is 0 Å². The van der Waals surface area contributed by atoms with E-state index < -0.39 is 16.0 Å². The standard InChI is InChI=1S/C26H33N5O5S/c1-14-10-15(2)19(16(3)11-14)13-21-23(27-5)26(36-17(4)32)31-25(21)28-24(29-31)20-12-18(30-37(7,33)34)8-9-22(20)35-6/h8-9,12,14-16,19,30H,10-11,13H2,1-4,6-7H3,(H,28,29). The van der Waals surface area contributed by atoms with E-state index >= 15 is 0 Å². The van der Waals surface area contributed by atoms with E-state index in [1.165, 1.54) is 18.5 Å². The molecule has 0 amide bonds. The molecule has 2 unspecified atom stereocenters. The summed E-state index contributed by atoms with van der Waals surface area (Å²) in [7, 11) is -1.98. The highest BCUT2D eigenvalue weighted by Crippen LogP contribution is 2.45. The summed E-state index contributed by atoms with van der Waals surface area (Å²) in [5.41, 5.74) is 2.37. The zero-order chi connectivity index (χ0) is 27.1. The zero-order valence-electron chi connectivity index (χ0n) is 22.0. The normalized spacial score (nSPS) is 22.0. The fourth-order valence-electron chi connectivity index (χ4n) is 5.77. The van der Waals surface area contributed by atoms with E-state index in [1.807, 2.05) is 0 Å². The van der Waals surface area contributed by atoms with Gasteiger partial charge in [0, 0.05) is 18.2 Å². The van der Waals surface area contributed by atoms with Crippen LogP contribution in [-0.4, -0.2) is 42.4 Å². The number of nitrogens with one attached hydrogen (secondary N) is 2. The number of ether oxygens (including phenoxy) is 2. The predicted octanol–water partition coefficient (Wildman–Crippen LogP) is 5.05. The third kappa shape index (κ3) is 5.44. The quantitative estimate of drug-likeness (QED) is 0.328. The van der Waals surface area contributed by atoms with Crippen LogP contribution in [0, 0.1) is 30.2 Å². The van der Waals surface area contributed by atoms with Crippen LogP contribution in [0.3, 0.4) is 0 Å². The number of hydrogen-bond acceptors (Lipinski definition) is 6. The monoisotopic (exact) mass is 527 g/mol. The summed E-state index contributed by atoms with van der Waals surface area (Å²) < 4.78 is 38.6. The van der Waals surface area contributed by atoms with Gasteiger partial charge in [-0.25, -0.2) is 22.8 Å². The van der Waals surface area contributed by atoms with Gasteiger partial charge in [-0.2, -0.15) is 0 Å². The lowest BCUT2D eigenvalue weighted by Gasteiger charge is -2.38. The molecule has 1 aliphatic rings. The summed E-state index contributed by atoms with van der Waals surface area (Å²) in [5.74, 6) is 2.37. The van der Waals surface area contributed by atoms with Crippen LogP contribution in [-0.2, 0) is 21.2 Å². The smallest absolute Gasteiger partial charge is 0.308 e. The van der Waals surface area contributed by atoms with Gasteiger partial charge in [-0.15, -0.1) is 0 Å². The molecule has 2 atom stereocenters. The third-order valence-corrected chi connectivity index (χ3v) is 7.78. The van der Waals surface area contributed by atoms with Gasteiger partial charge in [-0.05, 0) is 61.1 Å². The summed E-state index contributed by atoms with van der Waals surface area (Å²) in [4.78, 5) is 20.5. The highest BCUT2D eigenvalue weighted by Gasteiger charge is 2.34. The van der Waals surface area contributed by atoms with Crippen LogP contribution in [0.1, 0.15) is 46.1 Å². The third-order valence-electron chi connectivity index (χ3n) is 7.17. The van der Waals surface area contributed by atoms with Crippen molar-refractivity contribution in [1.29, 1.82) is 0 Å². The molecule has 37 heavy (non-hydrogen) atoms. The number of carbonyl (C=O) groups excluding carboxylic acids is 1. The lowest BCUT2D eigenvalue weighted by Crippen LogP contribution is -2.30. The number of esters is 1. The number of aromatic amines is 1. The molecule has 0 bridgehead atoms. The summed E-state index contributed by atoms with van der Waals surface area (Å²) in [6.07, 6.45) is 3.96. The molecule has 1 saturated carbocycles. The molecule has 0 aliphatic heterocycles. The van der Waals surface area contributed by atoms with Crippen molar-refractivity contribution in [3.8, 4) is 23.0 Å². The van der Waals surface area contributed by atoms with E-state index in [1.54, 1.807) is 18.2 Å². The second kappa shape index (κ2) is 10.1. The first-order chi connectivity index (χ1) is 17.4. The van der Waals surface area contributed by atoms with Crippen molar-refractivity contribution in [1.82, 2.24) is 14.6 Å². The lowest BCUT2D eigenvalue weighted by atomic mass is 9.67. The van der Waals surface area contributed by atoms with Crippen LogP contribution in [0.25, 0.3) is 21.9 Å². The topological polar surface area (TPSA) is 119 Å². The number of H-pyrrole nitrogens is 1. The first kappa shape index (κ1) is 26.5. The number of carbonyl (C=O) groups is 1. The van der Waals surface area contributed by atoms with E-state index in [2.05, 4.69) is 35.4 Å². The Hall–Kier alpha value is -3.52. The van der Waals surface area contributed by atoms with E-state index in [9.17, 15) is 13.2 Å². The summed E-state index contributed by atoms with van der Waals surface area (Å²) in [6, 6.07) is 4.86. The number of sulfonamides is 1. The fraction of sp³-hybridized carbons (Fsp3) is 0.500. The lowest BCUT2D eigenvalue weighted by molar-refractivity contribution is -0.132. The Morgan fingerprint density at radius 1 is 1.27 bits per heavy atom. The maximum Gasteiger partial charge on any atom is 0.308 e. The van der Waals surface area contributed by atoms with Gasteiger partial charge in [0.25, 0.3) is 5.69 Å². The summed E-state index contributed by atoms with van der Waals surface area (Å²) >= 11 is 0. The van der Waals surface area contributed by atoms with Gasteiger partial charge in [0.1, 0.15) is 11.4 Å². The SMILES string of the molecule is [C-]#[N+]c1c(CC2C(C)CC(C)CC2C)c2nc(-c3cc(NS(C)(=O)=O)ccc3OC)[nH]n2c1OC(C)=O. The molecule has 0 spiro atoms. The Labute approximate surface area is 217 Å². The number of rotatable bonds is 7. The van der Waals surface area contributed by atoms with Gasteiger partial charge in [-0.3, -0.25) is 14.6 Å². The van der Waals surface area contributed by atoms with Crippen molar-refractivity contribution < 1.29 is 22.7 Å². The molecule has 2 N–H and O–H groups in total. The van der Waals surface area contributed by atoms with E-state index in [-0.39, 0.29) is 11.6 Å². The highest BCUT2D eigenvalue weighted by molar-refractivity contribution is 7.92. The molecule has 0 saturated heterocycles. The number of anilines is 1. The number of fused-ring (bicyclic) bond motifs is 1. The molecule has 1 fully saturated rings. The molecule has 2 aromatic heterocycles. The van der Waals surface area contributed by atoms with Crippen molar-refractivity contribution in [3.63, 3.8) is 0 Å². The van der Waals surface area contributed by atoms with Gasteiger partial charge in [-0.1, -0.05) is 20.8 Å². The van der Waals surface area contributed by atoms with E-state index in [0.29, 0.717) is 58.6 Å². The first-order valence-corrected chi connectivity index (χ1v) is 14.2. The second-order valence-corrected chi connectivity index (χ2v) is 12.0. The maximum absolute atomic E-state index is 12.0. The Morgan fingerprint density at radius 2 is 1.95 bits per heavy atom. The number of methoxy groups -OCH3 is 1. The summed E-state index contributed by atoms with van der Waals surface area (Å²) in [6.45, 7) is 16.0. The molecule has 3 aromatic rings. The van der Waals surface area contributed by atoms with Gasteiger partial charge in [0.2, 0.25) is 15.9 Å². The highest BCUT2D eigenvalue weighted by atomic mass is 32.2. The maximum atomic E-state index is 12.0. The molecule has 198 valence electrons. The van der Waals surface area contributed by atoms with Crippen molar-refractivity contribution in [3.05, 3.63) is 35.2 Å². The van der Waals surface area contributed by atoms with Gasteiger partial charge in [0.15, 0.2) is 5.82 Å². The molecular formula is C26H33N5O5S. The van der Waals surface area contributed by atoms with Crippen LogP contribution >= 0.6 is 0 Å². The van der Waals surface area contributed by atoms with E-state index in [4.69, 9.17) is 21.0 Å². The molecule has 11 heteroatoms. The van der Waals surface area contributed by atoms with Crippen LogP contribution < -0.4 is 14.2 Å². The molecule has 0 radical (unpaired) electrons. The average Bonchev–Trinajstić information content (AvgIpc) is 3.33. The van der Waals surface area contributed by atoms with Crippen molar-refractivity contribution in [2.24, 2.45) is 23.7 Å². The molecule has 2 heterocycles. The Kier molecular flexibility index (Phi) is 7.24. The minimum atomic E-state index is -3.49. The van der Waals surface area contributed by atoms with Crippen LogP contribution in [0.15, 0.2) is 18.2 Å². The number of nitrogens with zero attached hydrogens (tertiary/aromatic N) is 3. The van der Waals surface area contributed by atoms with Gasteiger partial charge < -0.3 is 9.47 Å². The minimum absolute atomic E-state index is 0.0973. The zero-order valence-corrected chi connectivity index (χ0v) is 22.8. The Morgan fingerprint density at radius 3 is 2.51 bits per heavy atom. The number of hydrogen-bond donors (Lipinski definition) is 2. The van der Waals surface area contributed by atoms with E-state index in [0.717, 1.165) is 24.7 Å². The van der Waals surface area contributed by atoms with Crippen molar-refractivity contribution in [2.45, 2.75) is 47.0 Å². The Bertz CT molecular complexity index is 1470. The second-order valence-electron chi connectivity index (χ2n) is 10.3. The van der Waals surface area contributed by atoms with Gasteiger partial charge >= 0.3 is 5.97 Å². The average molecular weight is 528 g/mol. The fourth-order valence-corrected chi connectivity index (χ4v) is 6.32. The Balaban J connectivity index is 1.88. The molecule has 4 rings (SSSR count). The predicted molar refractivity (Wildman–Crippen MR) is 141 cm³/mol. The largest absolute Gasteiger partial charge is 0.496 e. The van der Waals surface area contributed by atoms with Crippen LogP contribution in [0.5, 0.6) is 11.6 Å². The summed E-state index contributed by atoms with van der Waals surface area (Å²) in [5, 5.41) is 3.14. The van der Waals surface area contributed by atoms with Crippen LogP contribution in [0.4, 0.5) is 11.4 Å². The minimum Gasteiger partial charge on any atom is -0.496 e. The van der Waals surface area contributed by atoms with Gasteiger partial charge in [0.05, 0.1) is 25.5 Å². The number of benzene rings is 1. The molecule has 1 aliphatic carbocycles. The van der Waals surface area contributed by atoms with Crippen molar-refractivity contribution >= 4 is 33.0 Å². The molecular weight excluding hydrogens is 494 g/mol. The first-order valence-electron chi connectivity index (χ1n) is 12.3.